The minimum Gasteiger partial charge on any atom is -0.274 e. The molecule has 1 N–H and O–H groups in total. The highest BCUT2D eigenvalue weighted by molar-refractivity contribution is 6.23. The van der Waals surface area contributed by atoms with Crippen LogP contribution >= 0.6 is 0 Å². The molecular formula is C27H26N4O4. The predicted octanol–water partition coefficient (Wildman–Crippen LogP) is 3.14. The number of nitrogens with zero attached hydrogens (tertiary/aromatic N) is 3. The first-order valence-electron chi connectivity index (χ1n) is 11.4. The van der Waals surface area contributed by atoms with Crippen LogP contribution in [0.1, 0.15) is 39.9 Å². The molecule has 2 heterocycles. The molecule has 8 nitrogen and oxygen atoms in total. The number of hydrogen-bond donors (Lipinski definition) is 1. The van der Waals surface area contributed by atoms with Gasteiger partial charge in [-0.3, -0.25) is 29.6 Å². The molecule has 0 saturated carbocycles. The summed E-state index contributed by atoms with van der Waals surface area (Å²) >= 11 is 0. The first-order chi connectivity index (χ1) is 16.8. The Balaban J connectivity index is 1.59. The van der Waals surface area contributed by atoms with Crippen LogP contribution in [0.25, 0.3) is 0 Å². The second-order valence-electron chi connectivity index (χ2n) is 8.49. The van der Waals surface area contributed by atoms with Crippen molar-refractivity contribution >= 4 is 29.3 Å². The van der Waals surface area contributed by atoms with Gasteiger partial charge < -0.3 is 0 Å². The van der Waals surface area contributed by atoms with Crippen LogP contribution in [0, 0.1) is 13.8 Å². The highest BCUT2D eigenvalue weighted by Gasteiger charge is 2.45. The van der Waals surface area contributed by atoms with Crippen LogP contribution in [0.4, 0.5) is 5.69 Å². The molecule has 4 rings (SSSR count). The number of nitrogens with one attached hydrogen (secondary N) is 1. The monoisotopic (exact) mass is 470 g/mol. The highest BCUT2D eigenvalue weighted by Crippen LogP contribution is 2.27. The normalized spacial score (nSPS) is 15.3. The maximum absolute atomic E-state index is 13.4. The van der Waals surface area contributed by atoms with Crippen molar-refractivity contribution in [1.29, 1.82) is 0 Å². The molecule has 1 aromatic heterocycles. The van der Waals surface area contributed by atoms with Gasteiger partial charge in [-0.2, -0.15) is 0 Å². The van der Waals surface area contributed by atoms with Gasteiger partial charge in [0, 0.05) is 18.8 Å². The summed E-state index contributed by atoms with van der Waals surface area (Å²) in [5, 5.41) is 1.01. The number of anilines is 1. The molecule has 0 aliphatic carbocycles. The van der Waals surface area contributed by atoms with Crippen molar-refractivity contribution in [3.63, 3.8) is 0 Å². The van der Waals surface area contributed by atoms with E-state index in [9.17, 15) is 19.2 Å². The average Bonchev–Trinajstić information content (AvgIpc) is 3.17. The number of hydrazine groups is 1. The fourth-order valence-corrected chi connectivity index (χ4v) is 3.96. The van der Waals surface area contributed by atoms with Crippen molar-refractivity contribution in [1.82, 2.24) is 15.4 Å². The lowest BCUT2D eigenvalue weighted by Gasteiger charge is -2.28. The van der Waals surface area contributed by atoms with E-state index in [4.69, 9.17) is 0 Å². The number of aryl methyl sites for hydroxylation is 3. The molecule has 8 heteroatoms. The van der Waals surface area contributed by atoms with Crippen molar-refractivity contribution in [2.45, 2.75) is 39.2 Å². The van der Waals surface area contributed by atoms with Gasteiger partial charge in [0.1, 0.15) is 6.04 Å². The minimum absolute atomic E-state index is 0.0545. The van der Waals surface area contributed by atoms with Crippen LogP contribution in [-0.4, -0.2) is 39.7 Å². The molecule has 4 amide bonds. The van der Waals surface area contributed by atoms with E-state index < -0.39 is 29.7 Å². The van der Waals surface area contributed by atoms with Gasteiger partial charge in [-0.15, -0.1) is 0 Å². The van der Waals surface area contributed by atoms with Crippen LogP contribution < -0.4 is 10.3 Å². The summed E-state index contributed by atoms with van der Waals surface area (Å²) in [4.78, 5) is 57.5. The van der Waals surface area contributed by atoms with Crippen molar-refractivity contribution < 1.29 is 19.2 Å². The number of carbonyl (C=O) groups excluding carboxylic acids is 4. The number of aromatic nitrogens is 1. The van der Waals surface area contributed by atoms with Gasteiger partial charge in [-0.1, -0.05) is 36.4 Å². The zero-order chi connectivity index (χ0) is 24.9. The summed E-state index contributed by atoms with van der Waals surface area (Å²) in [7, 11) is 0. The number of imide groups is 1. The number of hydrogen-bond acceptors (Lipinski definition) is 5. The zero-order valence-electron chi connectivity index (χ0n) is 19.6. The molecule has 1 fully saturated rings. The Morgan fingerprint density at radius 2 is 1.80 bits per heavy atom. The fourth-order valence-electron chi connectivity index (χ4n) is 3.96. The molecule has 1 saturated heterocycles. The summed E-state index contributed by atoms with van der Waals surface area (Å²) in [5.41, 5.74) is 6.16. The van der Waals surface area contributed by atoms with E-state index in [-0.39, 0.29) is 18.4 Å². The lowest BCUT2D eigenvalue weighted by molar-refractivity contribution is -0.141. The summed E-state index contributed by atoms with van der Waals surface area (Å²) in [6, 6.07) is 16.8. The van der Waals surface area contributed by atoms with Crippen LogP contribution in [0.3, 0.4) is 0 Å². The van der Waals surface area contributed by atoms with E-state index >= 15 is 0 Å². The third-order valence-corrected chi connectivity index (χ3v) is 6.07. The first kappa shape index (κ1) is 23.8. The Morgan fingerprint density at radius 3 is 2.49 bits per heavy atom. The number of rotatable bonds is 6. The molecule has 1 unspecified atom stereocenters. The fraction of sp³-hybridized carbons (Fsp3) is 0.222. The van der Waals surface area contributed by atoms with E-state index in [0.717, 1.165) is 26.6 Å². The topological polar surface area (TPSA) is 99.7 Å². The van der Waals surface area contributed by atoms with Gasteiger partial charge in [0.15, 0.2) is 0 Å². The molecule has 1 aliphatic rings. The standard InChI is InChI=1S/C27H26N4O4/c1-18-10-12-22(15-19(18)2)30-25(33)16-23(27(30)35)31(29-26(34)21-9-6-14-28-17-21)24(32)13-11-20-7-4-3-5-8-20/h3-10,12,14-15,17,23H,11,13,16H2,1-2H3,(H,29,34). The first-order valence-corrected chi connectivity index (χ1v) is 11.4. The van der Waals surface area contributed by atoms with Gasteiger partial charge in [-0.05, 0) is 61.2 Å². The largest absolute Gasteiger partial charge is 0.274 e. The summed E-state index contributed by atoms with van der Waals surface area (Å²) in [6.07, 6.45) is 3.15. The molecule has 1 aliphatic heterocycles. The predicted molar refractivity (Wildman–Crippen MR) is 130 cm³/mol. The minimum atomic E-state index is -1.15. The van der Waals surface area contributed by atoms with Crippen LogP contribution in [-0.2, 0) is 20.8 Å². The zero-order valence-corrected chi connectivity index (χ0v) is 19.6. The number of amides is 4. The van der Waals surface area contributed by atoms with Crippen LogP contribution in [0.5, 0.6) is 0 Å². The number of pyridine rings is 1. The SMILES string of the molecule is Cc1ccc(N2C(=O)CC(N(NC(=O)c3cccnc3)C(=O)CCc3ccccc3)C2=O)cc1C. The van der Waals surface area contributed by atoms with Gasteiger partial charge >= 0.3 is 0 Å². The number of benzene rings is 2. The molecule has 0 bridgehead atoms. The van der Waals surface area contributed by atoms with Gasteiger partial charge in [0.25, 0.3) is 11.8 Å². The Morgan fingerprint density at radius 1 is 1.03 bits per heavy atom. The maximum Gasteiger partial charge on any atom is 0.271 e. The molecule has 0 radical (unpaired) electrons. The molecule has 35 heavy (non-hydrogen) atoms. The molecule has 2 aromatic carbocycles. The van der Waals surface area contributed by atoms with Crippen molar-refractivity contribution in [3.05, 3.63) is 95.3 Å². The summed E-state index contributed by atoms with van der Waals surface area (Å²) in [5.74, 6) is -2.03. The lowest BCUT2D eigenvalue weighted by atomic mass is 10.1. The van der Waals surface area contributed by atoms with Gasteiger partial charge in [-0.25, -0.2) is 9.91 Å². The van der Waals surface area contributed by atoms with Crippen LogP contribution in [0.2, 0.25) is 0 Å². The Bertz CT molecular complexity index is 1260. The molecule has 3 aromatic rings. The molecule has 178 valence electrons. The van der Waals surface area contributed by atoms with E-state index in [1.165, 1.54) is 12.4 Å². The van der Waals surface area contributed by atoms with Crippen LogP contribution in [0.15, 0.2) is 73.1 Å². The Hall–Kier alpha value is -4.33. The van der Waals surface area contributed by atoms with Crippen molar-refractivity contribution in [3.8, 4) is 0 Å². The Kier molecular flexibility index (Phi) is 7.01. The highest BCUT2D eigenvalue weighted by atomic mass is 16.2. The lowest BCUT2D eigenvalue weighted by Crippen LogP contribution is -2.54. The van der Waals surface area contributed by atoms with Gasteiger partial charge in [0.2, 0.25) is 11.8 Å². The summed E-state index contributed by atoms with van der Waals surface area (Å²) < 4.78 is 0. The second-order valence-corrected chi connectivity index (χ2v) is 8.49. The second kappa shape index (κ2) is 10.3. The third-order valence-electron chi connectivity index (χ3n) is 6.07. The third kappa shape index (κ3) is 5.27. The average molecular weight is 471 g/mol. The smallest absolute Gasteiger partial charge is 0.271 e. The maximum atomic E-state index is 13.4. The Labute approximate surface area is 203 Å². The number of carbonyl (C=O) groups is 4. The summed E-state index contributed by atoms with van der Waals surface area (Å²) in [6.45, 7) is 3.84. The molecule has 1 atom stereocenters. The molecule has 0 spiro atoms. The van der Waals surface area contributed by atoms with E-state index in [1.54, 1.807) is 24.3 Å². The van der Waals surface area contributed by atoms with Crippen molar-refractivity contribution in [2.24, 2.45) is 0 Å². The molecular weight excluding hydrogens is 444 g/mol. The van der Waals surface area contributed by atoms with Crippen molar-refractivity contribution in [2.75, 3.05) is 4.90 Å². The van der Waals surface area contributed by atoms with E-state index in [0.29, 0.717) is 12.1 Å². The van der Waals surface area contributed by atoms with E-state index in [1.807, 2.05) is 50.2 Å². The van der Waals surface area contributed by atoms with Gasteiger partial charge in [0.05, 0.1) is 17.7 Å². The van der Waals surface area contributed by atoms with E-state index in [2.05, 4.69) is 10.4 Å². The quantitative estimate of drug-likeness (QED) is 0.441.